The average molecular weight is 685 g/mol. The Morgan fingerprint density at radius 3 is 2.33 bits per heavy atom. The van der Waals surface area contributed by atoms with Crippen molar-refractivity contribution in [3.8, 4) is 17.2 Å². The normalized spacial score (nSPS) is 12.3. The van der Waals surface area contributed by atoms with Gasteiger partial charge in [0.25, 0.3) is 11.8 Å². The molecule has 0 spiro atoms. The third-order valence-corrected chi connectivity index (χ3v) is 6.87. The molecule has 0 fully saturated rings. The number of ether oxygens (including phenoxy) is 2. The Bertz CT molecular complexity index is 1920. The van der Waals surface area contributed by atoms with Crippen molar-refractivity contribution in [3.63, 3.8) is 0 Å². The van der Waals surface area contributed by atoms with Crippen LogP contribution in [-0.4, -0.2) is 76.8 Å². The lowest BCUT2D eigenvalue weighted by molar-refractivity contribution is -0.204. The Morgan fingerprint density at radius 1 is 1.04 bits per heavy atom. The van der Waals surface area contributed by atoms with Crippen LogP contribution in [0.1, 0.15) is 40.3 Å². The molecule has 2 atom stereocenters. The van der Waals surface area contributed by atoms with Crippen LogP contribution in [-0.2, 0) is 14.4 Å². The Labute approximate surface area is 276 Å². The van der Waals surface area contributed by atoms with Crippen molar-refractivity contribution in [2.45, 2.75) is 25.2 Å². The third kappa shape index (κ3) is 8.34. The highest BCUT2D eigenvalue weighted by Gasteiger charge is 2.42. The summed E-state index contributed by atoms with van der Waals surface area (Å²) >= 11 is 0. The number of benzene rings is 3. The van der Waals surface area contributed by atoms with Gasteiger partial charge in [-0.25, -0.2) is 9.59 Å². The van der Waals surface area contributed by atoms with Gasteiger partial charge in [0.15, 0.2) is 23.4 Å². The molecule has 2 unspecified atom stereocenters. The fraction of sp³-hybridized carbons (Fsp3) is 0.226. The number of likely N-dealkylation sites (N-methyl/N-ethyl adjacent to an activating group) is 1. The standard InChI is InChI=1S/C31H31F3N8O7/c1-16(28(44)41(2)3)48-22-14-11-18(15-23(22)47-4)24(37-19-12-9-17(10-13-19)25(35)36)26-38-30(46)42(39-26)21-8-6-5-7-20(21)27(43)40-49-29(45)31(32,33)34/h5-16,24,37H,1-4H3,(H3,35,36)(H,40,43)(H,38,39,46). The van der Waals surface area contributed by atoms with E-state index in [1.165, 1.54) is 41.8 Å². The van der Waals surface area contributed by atoms with Crippen molar-refractivity contribution in [3.05, 3.63) is 99.7 Å². The molecule has 2 amide bonds. The van der Waals surface area contributed by atoms with Crippen molar-refractivity contribution in [2.75, 3.05) is 26.5 Å². The van der Waals surface area contributed by atoms with Gasteiger partial charge in [-0.3, -0.25) is 20.0 Å². The quantitative estimate of drug-likeness (QED) is 0.0887. The predicted molar refractivity (Wildman–Crippen MR) is 168 cm³/mol. The summed E-state index contributed by atoms with van der Waals surface area (Å²) < 4.78 is 49.9. The van der Waals surface area contributed by atoms with Crippen molar-refractivity contribution >= 4 is 29.3 Å². The number of nitrogens with one attached hydrogen (secondary N) is 4. The van der Waals surface area contributed by atoms with Crippen molar-refractivity contribution in [1.29, 1.82) is 5.41 Å². The first-order valence-corrected chi connectivity index (χ1v) is 14.2. The molecule has 0 saturated heterocycles. The predicted octanol–water partition coefficient (Wildman–Crippen LogP) is 2.66. The number of hydrogen-bond acceptors (Lipinski definition) is 10. The zero-order valence-corrected chi connectivity index (χ0v) is 26.4. The molecule has 0 aliphatic carbocycles. The molecule has 258 valence electrons. The molecule has 6 N–H and O–H groups in total. The van der Waals surface area contributed by atoms with E-state index >= 15 is 0 Å². The smallest absolute Gasteiger partial charge is 0.493 e. The van der Waals surface area contributed by atoms with E-state index in [0.29, 0.717) is 16.8 Å². The highest BCUT2D eigenvalue weighted by Crippen LogP contribution is 2.34. The third-order valence-electron chi connectivity index (χ3n) is 6.87. The Morgan fingerprint density at radius 2 is 1.71 bits per heavy atom. The van der Waals surface area contributed by atoms with Crippen LogP contribution in [0.5, 0.6) is 11.5 Å². The Kier molecular flexibility index (Phi) is 10.6. The van der Waals surface area contributed by atoms with E-state index in [1.54, 1.807) is 63.5 Å². The van der Waals surface area contributed by atoms with Crippen LogP contribution in [0.25, 0.3) is 5.69 Å². The van der Waals surface area contributed by atoms with Crippen LogP contribution in [0.3, 0.4) is 0 Å². The van der Waals surface area contributed by atoms with Crippen LogP contribution in [0.15, 0.2) is 71.5 Å². The summed E-state index contributed by atoms with van der Waals surface area (Å²) in [6, 6.07) is 15.7. The van der Waals surface area contributed by atoms with Crippen LogP contribution in [0.2, 0.25) is 0 Å². The fourth-order valence-electron chi connectivity index (χ4n) is 4.48. The molecule has 0 aliphatic heterocycles. The number of methoxy groups -OCH3 is 1. The maximum Gasteiger partial charge on any atom is 0.493 e. The lowest BCUT2D eigenvalue weighted by Gasteiger charge is -2.22. The first-order valence-electron chi connectivity index (χ1n) is 14.2. The number of aromatic nitrogens is 3. The van der Waals surface area contributed by atoms with Gasteiger partial charge in [-0.15, -0.1) is 5.10 Å². The van der Waals surface area contributed by atoms with E-state index in [9.17, 15) is 32.3 Å². The Balaban J connectivity index is 1.75. The van der Waals surface area contributed by atoms with Gasteiger partial charge < -0.3 is 30.3 Å². The largest absolute Gasteiger partial charge is 0.493 e. The summed E-state index contributed by atoms with van der Waals surface area (Å²) in [7, 11) is 4.59. The molecule has 49 heavy (non-hydrogen) atoms. The maximum atomic E-state index is 13.3. The van der Waals surface area contributed by atoms with Crippen LogP contribution in [0, 0.1) is 5.41 Å². The molecule has 0 aliphatic rings. The van der Waals surface area contributed by atoms with Gasteiger partial charge in [-0.05, 0) is 61.0 Å². The summed E-state index contributed by atoms with van der Waals surface area (Å²) in [6.07, 6.45) is -6.20. The first kappa shape index (κ1) is 35.5. The number of halogens is 3. The minimum Gasteiger partial charge on any atom is -0.493 e. The molecule has 0 bridgehead atoms. The first-order chi connectivity index (χ1) is 23.1. The molecule has 0 radical (unpaired) electrons. The maximum absolute atomic E-state index is 13.3. The number of aromatic amines is 1. The highest BCUT2D eigenvalue weighted by molar-refractivity contribution is 5.98. The summed E-state index contributed by atoms with van der Waals surface area (Å²) in [5, 5.41) is 15.3. The number of hydroxylamine groups is 1. The number of carbonyl (C=O) groups is 3. The minimum absolute atomic E-state index is 0.0197. The van der Waals surface area contributed by atoms with E-state index in [4.69, 9.17) is 20.6 Å². The van der Waals surface area contributed by atoms with Crippen LogP contribution in [0.4, 0.5) is 18.9 Å². The lowest BCUT2D eigenvalue weighted by atomic mass is 10.0. The van der Waals surface area contributed by atoms with Gasteiger partial charge in [0.1, 0.15) is 11.9 Å². The van der Waals surface area contributed by atoms with Crippen molar-refractivity contribution < 1.29 is 41.9 Å². The zero-order valence-electron chi connectivity index (χ0n) is 26.4. The highest BCUT2D eigenvalue weighted by atomic mass is 19.4. The monoisotopic (exact) mass is 684 g/mol. The van der Waals surface area contributed by atoms with Gasteiger partial charge in [0.2, 0.25) is 0 Å². The SMILES string of the molecule is COc1cc(C(Nc2ccc(C(=N)N)cc2)c2nn(-c3ccccc3C(=O)NOC(=O)C(F)(F)F)c(=O)[nH]2)ccc1OC(C)C(=O)N(C)C. The van der Waals surface area contributed by atoms with Crippen LogP contribution >= 0.6 is 0 Å². The minimum atomic E-state index is -5.36. The number of hydrogen-bond donors (Lipinski definition) is 5. The van der Waals surface area contributed by atoms with Gasteiger partial charge in [0, 0.05) is 25.3 Å². The van der Waals surface area contributed by atoms with Gasteiger partial charge in [-0.2, -0.15) is 23.3 Å². The second-order valence-corrected chi connectivity index (χ2v) is 10.5. The number of nitrogen functional groups attached to an aromatic ring is 1. The van der Waals surface area contributed by atoms with E-state index in [2.05, 4.69) is 20.2 Å². The summed E-state index contributed by atoms with van der Waals surface area (Å²) in [5.41, 5.74) is 7.15. The number of H-pyrrole nitrogens is 1. The number of alkyl halides is 3. The summed E-state index contributed by atoms with van der Waals surface area (Å²) in [6.45, 7) is 1.58. The molecule has 4 aromatic rings. The molecule has 15 nitrogen and oxygen atoms in total. The second kappa shape index (κ2) is 14.6. The van der Waals surface area contributed by atoms with Crippen LogP contribution < -0.4 is 31.7 Å². The second-order valence-electron chi connectivity index (χ2n) is 10.5. The molecule has 3 aromatic carbocycles. The average Bonchev–Trinajstić information content (AvgIpc) is 3.46. The van der Waals surface area contributed by atoms with E-state index in [0.717, 1.165) is 4.68 Å². The molecule has 1 heterocycles. The Hall–Kier alpha value is -6.33. The van der Waals surface area contributed by atoms with Crippen molar-refractivity contribution in [1.82, 2.24) is 25.1 Å². The molecular weight excluding hydrogens is 653 g/mol. The summed E-state index contributed by atoms with van der Waals surface area (Å²) in [5.74, 6) is -3.82. The zero-order chi connectivity index (χ0) is 36.0. The van der Waals surface area contributed by atoms with Gasteiger partial charge in [0.05, 0.1) is 18.4 Å². The number of nitrogens with zero attached hydrogens (tertiary/aromatic N) is 3. The number of para-hydroxylation sites is 1. The lowest BCUT2D eigenvalue weighted by Crippen LogP contribution is -2.35. The summed E-state index contributed by atoms with van der Waals surface area (Å²) in [4.78, 5) is 57.4. The number of amidine groups is 1. The molecule has 1 aromatic heterocycles. The fourth-order valence-corrected chi connectivity index (χ4v) is 4.48. The number of amides is 2. The van der Waals surface area contributed by atoms with Crippen molar-refractivity contribution in [2.24, 2.45) is 5.73 Å². The van der Waals surface area contributed by atoms with Gasteiger partial charge in [-0.1, -0.05) is 18.2 Å². The number of nitrogens with two attached hydrogens (primary N) is 1. The molecule has 18 heteroatoms. The van der Waals surface area contributed by atoms with E-state index in [-0.39, 0.29) is 40.3 Å². The number of rotatable bonds is 11. The molecular formula is C31H31F3N8O7. The molecule has 4 rings (SSSR count). The topological polar surface area (TPSA) is 207 Å². The number of anilines is 1. The van der Waals surface area contributed by atoms with Gasteiger partial charge >= 0.3 is 17.8 Å². The number of carbonyl (C=O) groups excluding carboxylic acids is 3. The van der Waals surface area contributed by atoms with E-state index < -0.39 is 35.9 Å². The molecule has 0 saturated carbocycles. The van der Waals surface area contributed by atoms with E-state index in [1.807, 2.05) is 0 Å².